The van der Waals surface area contributed by atoms with E-state index >= 15 is 0 Å². The first-order valence-corrected chi connectivity index (χ1v) is 7.87. The summed E-state index contributed by atoms with van der Waals surface area (Å²) in [6, 6.07) is 0. The van der Waals surface area contributed by atoms with Crippen molar-refractivity contribution in [3.8, 4) is 0 Å². The Kier molecular flexibility index (Phi) is 2.36. The van der Waals surface area contributed by atoms with Gasteiger partial charge in [0.05, 0.1) is 6.10 Å². The van der Waals surface area contributed by atoms with E-state index in [0.29, 0.717) is 17.3 Å². The fourth-order valence-corrected chi connectivity index (χ4v) is 5.74. The Morgan fingerprint density at radius 2 is 2.11 bits per heavy atom. The van der Waals surface area contributed by atoms with E-state index in [1.165, 1.54) is 45.2 Å². The van der Waals surface area contributed by atoms with Crippen LogP contribution in [0.1, 0.15) is 45.4 Å². The zero-order valence-electron chi connectivity index (χ0n) is 11.4. The lowest BCUT2D eigenvalue weighted by atomic mass is 9.59. The molecule has 0 radical (unpaired) electrons. The van der Waals surface area contributed by atoms with Gasteiger partial charge in [-0.25, -0.2) is 0 Å². The summed E-state index contributed by atoms with van der Waals surface area (Å²) in [6.07, 6.45) is 10.1. The Labute approximate surface area is 110 Å². The first-order valence-electron chi connectivity index (χ1n) is 7.87. The SMILES string of the molecule is C[C@H]1C=C2N3CCC[C@H]4[C@@H](O)C[C@H](C1)[C@]24CCC3. The highest BCUT2D eigenvalue weighted by Gasteiger charge is 2.60. The molecule has 0 aromatic carbocycles. The molecule has 2 saturated heterocycles. The molecule has 0 amide bonds. The maximum Gasteiger partial charge on any atom is 0.0580 e. The minimum atomic E-state index is -0.0262. The fourth-order valence-electron chi connectivity index (χ4n) is 5.74. The third-order valence-electron chi connectivity index (χ3n) is 6.26. The number of hydrogen-bond acceptors (Lipinski definition) is 2. The second kappa shape index (κ2) is 3.75. The molecule has 1 saturated carbocycles. The summed E-state index contributed by atoms with van der Waals surface area (Å²) in [4.78, 5) is 2.67. The average Bonchev–Trinajstić information content (AvgIpc) is 2.55. The Morgan fingerprint density at radius 3 is 3.00 bits per heavy atom. The van der Waals surface area contributed by atoms with E-state index < -0.39 is 0 Å². The van der Waals surface area contributed by atoms with Crippen LogP contribution in [0.4, 0.5) is 0 Å². The molecule has 2 aliphatic carbocycles. The van der Waals surface area contributed by atoms with Crippen molar-refractivity contribution in [1.29, 1.82) is 0 Å². The Hall–Kier alpha value is -0.500. The minimum absolute atomic E-state index is 0.0262. The van der Waals surface area contributed by atoms with Gasteiger partial charge < -0.3 is 10.0 Å². The van der Waals surface area contributed by atoms with Crippen molar-refractivity contribution < 1.29 is 5.11 Å². The molecule has 1 N–H and O–H groups in total. The van der Waals surface area contributed by atoms with Crippen molar-refractivity contribution in [3.63, 3.8) is 0 Å². The van der Waals surface area contributed by atoms with Gasteiger partial charge in [0.15, 0.2) is 0 Å². The molecule has 0 aromatic rings. The molecule has 4 rings (SSSR count). The van der Waals surface area contributed by atoms with Gasteiger partial charge in [0.1, 0.15) is 0 Å². The van der Waals surface area contributed by atoms with E-state index in [2.05, 4.69) is 17.9 Å². The Bertz CT molecular complexity index is 391. The molecule has 1 spiro atoms. The van der Waals surface area contributed by atoms with Crippen molar-refractivity contribution in [2.45, 2.75) is 51.6 Å². The number of aliphatic hydroxyl groups is 1. The highest BCUT2D eigenvalue weighted by Crippen LogP contribution is 2.64. The first kappa shape index (κ1) is 11.3. The summed E-state index contributed by atoms with van der Waals surface area (Å²) in [6.45, 7) is 4.85. The van der Waals surface area contributed by atoms with Gasteiger partial charge in [0.25, 0.3) is 0 Å². The van der Waals surface area contributed by atoms with Crippen molar-refractivity contribution >= 4 is 0 Å². The second-order valence-electron chi connectivity index (χ2n) is 7.14. The average molecular weight is 247 g/mol. The maximum absolute atomic E-state index is 10.5. The van der Waals surface area contributed by atoms with Crippen molar-refractivity contribution in [3.05, 3.63) is 11.8 Å². The predicted octanol–water partition coefficient (Wildman–Crippen LogP) is 2.78. The molecule has 0 aromatic heterocycles. The molecule has 5 atom stereocenters. The molecule has 2 heterocycles. The van der Waals surface area contributed by atoms with Gasteiger partial charge in [-0.15, -0.1) is 0 Å². The van der Waals surface area contributed by atoms with Crippen LogP contribution in [-0.4, -0.2) is 29.2 Å². The summed E-state index contributed by atoms with van der Waals surface area (Å²) >= 11 is 0. The molecule has 2 heteroatoms. The Morgan fingerprint density at radius 1 is 1.28 bits per heavy atom. The zero-order valence-corrected chi connectivity index (χ0v) is 11.4. The lowest BCUT2D eigenvalue weighted by Gasteiger charge is -2.52. The van der Waals surface area contributed by atoms with Crippen LogP contribution in [0.25, 0.3) is 0 Å². The van der Waals surface area contributed by atoms with Crippen LogP contribution in [0.3, 0.4) is 0 Å². The minimum Gasteiger partial charge on any atom is -0.393 e. The predicted molar refractivity (Wildman–Crippen MR) is 71.9 cm³/mol. The highest BCUT2D eigenvalue weighted by atomic mass is 16.3. The molecule has 3 fully saturated rings. The smallest absolute Gasteiger partial charge is 0.0580 e. The van der Waals surface area contributed by atoms with Gasteiger partial charge in [-0.3, -0.25) is 0 Å². The van der Waals surface area contributed by atoms with Gasteiger partial charge in [-0.05, 0) is 56.3 Å². The normalized spacial score (nSPS) is 50.6. The molecular formula is C16H25NO. The number of nitrogens with zero attached hydrogens (tertiary/aromatic N) is 1. The van der Waals surface area contributed by atoms with Crippen LogP contribution in [0.2, 0.25) is 0 Å². The van der Waals surface area contributed by atoms with Crippen molar-refractivity contribution in [2.24, 2.45) is 23.2 Å². The molecule has 0 unspecified atom stereocenters. The molecular weight excluding hydrogens is 222 g/mol. The maximum atomic E-state index is 10.5. The van der Waals surface area contributed by atoms with E-state index in [1.807, 2.05) is 0 Å². The van der Waals surface area contributed by atoms with E-state index in [9.17, 15) is 5.11 Å². The standard InChI is InChI=1S/C16H25NO/c1-11-8-12-10-14(18)13-4-2-6-17-7-3-5-16(12,13)15(17)9-11/h9,11-14,18H,2-8,10H2,1H3/t11-,12+,13+,14+,16+/m1/s1. The molecule has 100 valence electrons. The quantitative estimate of drug-likeness (QED) is 0.711. The van der Waals surface area contributed by atoms with Gasteiger partial charge in [-0.2, -0.15) is 0 Å². The third kappa shape index (κ3) is 1.28. The number of piperidine rings is 1. The molecule has 2 bridgehead atoms. The van der Waals surface area contributed by atoms with Crippen LogP contribution in [0, 0.1) is 23.2 Å². The van der Waals surface area contributed by atoms with Crippen molar-refractivity contribution in [2.75, 3.05) is 13.1 Å². The Balaban J connectivity index is 1.88. The van der Waals surface area contributed by atoms with E-state index in [0.717, 1.165) is 12.3 Å². The number of rotatable bonds is 0. The van der Waals surface area contributed by atoms with E-state index in [4.69, 9.17) is 0 Å². The highest BCUT2D eigenvalue weighted by molar-refractivity contribution is 5.28. The summed E-state index contributed by atoms with van der Waals surface area (Å²) in [7, 11) is 0. The summed E-state index contributed by atoms with van der Waals surface area (Å²) in [5, 5.41) is 10.5. The molecule has 4 aliphatic rings. The van der Waals surface area contributed by atoms with Crippen LogP contribution in [0.15, 0.2) is 11.8 Å². The molecule has 18 heavy (non-hydrogen) atoms. The lowest BCUT2D eigenvalue weighted by molar-refractivity contribution is 0.0412. The van der Waals surface area contributed by atoms with E-state index in [-0.39, 0.29) is 6.10 Å². The summed E-state index contributed by atoms with van der Waals surface area (Å²) in [5.41, 5.74) is 2.03. The van der Waals surface area contributed by atoms with Gasteiger partial charge >= 0.3 is 0 Å². The van der Waals surface area contributed by atoms with Gasteiger partial charge in [0, 0.05) is 24.2 Å². The number of hydrogen-bond donors (Lipinski definition) is 1. The van der Waals surface area contributed by atoms with E-state index in [1.54, 1.807) is 5.70 Å². The van der Waals surface area contributed by atoms with Crippen LogP contribution < -0.4 is 0 Å². The molecule has 2 nitrogen and oxygen atoms in total. The largest absolute Gasteiger partial charge is 0.393 e. The van der Waals surface area contributed by atoms with Crippen molar-refractivity contribution in [1.82, 2.24) is 4.90 Å². The summed E-state index contributed by atoms with van der Waals surface area (Å²) in [5.74, 6) is 2.03. The zero-order chi connectivity index (χ0) is 12.3. The van der Waals surface area contributed by atoms with Crippen LogP contribution >= 0.6 is 0 Å². The lowest BCUT2D eigenvalue weighted by Crippen LogP contribution is -2.47. The number of allylic oxidation sites excluding steroid dienone is 2. The van der Waals surface area contributed by atoms with Gasteiger partial charge in [-0.1, -0.05) is 13.0 Å². The second-order valence-corrected chi connectivity index (χ2v) is 7.14. The number of aliphatic hydroxyl groups excluding tert-OH is 1. The third-order valence-corrected chi connectivity index (χ3v) is 6.26. The first-order chi connectivity index (χ1) is 8.72. The monoisotopic (exact) mass is 247 g/mol. The molecule has 2 aliphatic heterocycles. The van der Waals surface area contributed by atoms with Crippen LogP contribution in [0.5, 0.6) is 0 Å². The summed E-state index contributed by atoms with van der Waals surface area (Å²) < 4.78 is 0. The van der Waals surface area contributed by atoms with Gasteiger partial charge in [0.2, 0.25) is 0 Å². The fraction of sp³-hybridized carbons (Fsp3) is 0.875. The van der Waals surface area contributed by atoms with Crippen LogP contribution in [-0.2, 0) is 0 Å². The topological polar surface area (TPSA) is 23.5 Å².